The van der Waals surface area contributed by atoms with Crippen molar-refractivity contribution in [2.45, 2.75) is 26.9 Å². The maximum absolute atomic E-state index is 12.4. The molecule has 0 aliphatic carbocycles. The number of rotatable bonds is 6. The van der Waals surface area contributed by atoms with Gasteiger partial charge in [0.2, 0.25) is 5.95 Å². The van der Waals surface area contributed by atoms with E-state index >= 15 is 0 Å². The lowest BCUT2D eigenvalue weighted by Crippen LogP contribution is -2.24. The molecule has 0 bridgehead atoms. The van der Waals surface area contributed by atoms with Crippen LogP contribution in [0.4, 0.5) is 5.95 Å². The van der Waals surface area contributed by atoms with Crippen LogP contribution in [0.3, 0.4) is 0 Å². The van der Waals surface area contributed by atoms with Crippen molar-refractivity contribution in [2.75, 3.05) is 5.32 Å². The van der Waals surface area contributed by atoms with E-state index in [1.807, 2.05) is 56.3 Å². The number of aryl methyl sites for hydroxylation is 2. The zero-order chi connectivity index (χ0) is 18.4. The Morgan fingerprint density at radius 1 is 1.00 bits per heavy atom. The molecule has 2 heterocycles. The van der Waals surface area contributed by atoms with Gasteiger partial charge in [-0.1, -0.05) is 35.9 Å². The molecular formula is C20H21N5O. The minimum Gasteiger partial charge on any atom is -0.349 e. The van der Waals surface area contributed by atoms with E-state index in [1.54, 1.807) is 12.3 Å². The van der Waals surface area contributed by atoms with Gasteiger partial charge in [-0.2, -0.15) is 0 Å². The Morgan fingerprint density at radius 3 is 2.54 bits per heavy atom. The van der Waals surface area contributed by atoms with Gasteiger partial charge >= 0.3 is 0 Å². The smallest absolute Gasteiger partial charge is 0.270 e. The van der Waals surface area contributed by atoms with E-state index in [0.717, 1.165) is 17.0 Å². The first-order valence-corrected chi connectivity index (χ1v) is 8.43. The summed E-state index contributed by atoms with van der Waals surface area (Å²) in [5.41, 5.74) is 4.18. The quantitative estimate of drug-likeness (QED) is 0.716. The number of aromatic nitrogens is 3. The summed E-state index contributed by atoms with van der Waals surface area (Å²) >= 11 is 0. The fraction of sp³-hybridized carbons (Fsp3) is 0.200. The molecule has 0 spiro atoms. The van der Waals surface area contributed by atoms with Crippen LogP contribution in [-0.4, -0.2) is 20.9 Å². The van der Waals surface area contributed by atoms with Gasteiger partial charge in [-0.25, -0.2) is 9.97 Å². The van der Waals surface area contributed by atoms with Crippen molar-refractivity contribution in [1.29, 1.82) is 0 Å². The molecule has 0 aliphatic rings. The summed E-state index contributed by atoms with van der Waals surface area (Å²) in [5, 5.41) is 6.01. The van der Waals surface area contributed by atoms with Crippen LogP contribution in [0, 0.1) is 13.8 Å². The maximum atomic E-state index is 12.4. The third-order valence-corrected chi connectivity index (χ3v) is 3.81. The lowest BCUT2D eigenvalue weighted by atomic mass is 10.1. The van der Waals surface area contributed by atoms with Crippen LogP contribution in [0.2, 0.25) is 0 Å². The Labute approximate surface area is 152 Å². The van der Waals surface area contributed by atoms with Gasteiger partial charge in [-0.15, -0.1) is 0 Å². The van der Waals surface area contributed by atoms with E-state index in [0.29, 0.717) is 24.7 Å². The standard InChI is InChI=1S/C20H21N5O/c1-14-6-8-16(9-7-14)12-22-19(26)18-11-15(2)24-20(25-18)23-13-17-5-3-4-10-21-17/h3-11H,12-13H2,1-2H3,(H,22,26)(H,23,24,25). The molecule has 0 radical (unpaired) electrons. The topological polar surface area (TPSA) is 79.8 Å². The Balaban J connectivity index is 1.64. The zero-order valence-electron chi connectivity index (χ0n) is 14.9. The van der Waals surface area contributed by atoms with Gasteiger partial charge in [-0.05, 0) is 37.6 Å². The van der Waals surface area contributed by atoms with Crippen molar-refractivity contribution in [3.05, 3.63) is 82.9 Å². The normalized spacial score (nSPS) is 10.4. The summed E-state index contributed by atoms with van der Waals surface area (Å²) < 4.78 is 0. The Kier molecular flexibility index (Phi) is 5.53. The number of pyridine rings is 1. The number of nitrogens with zero attached hydrogens (tertiary/aromatic N) is 3. The molecule has 2 aromatic heterocycles. The number of hydrogen-bond donors (Lipinski definition) is 2. The molecule has 1 amide bonds. The van der Waals surface area contributed by atoms with Gasteiger partial charge in [-0.3, -0.25) is 9.78 Å². The average Bonchev–Trinajstić information content (AvgIpc) is 2.66. The van der Waals surface area contributed by atoms with E-state index in [2.05, 4.69) is 25.6 Å². The van der Waals surface area contributed by atoms with Crippen LogP contribution >= 0.6 is 0 Å². The molecule has 0 saturated carbocycles. The molecule has 1 aromatic carbocycles. The van der Waals surface area contributed by atoms with Crippen molar-refractivity contribution in [1.82, 2.24) is 20.3 Å². The molecule has 0 saturated heterocycles. The summed E-state index contributed by atoms with van der Waals surface area (Å²) in [6, 6.07) is 15.4. The van der Waals surface area contributed by atoms with Crippen molar-refractivity contribution in [3.8, 4) is 0 Å². The highest BCUT2D eigenvalue weighted by Gasteiger charge is 2.10. The Morgan fingerprint density at radius 2 is 1.81 bits per heavy atom. The molecule has 132 valence electrons. The largest absolute Gasteiger partial charge is 0.349 e. The predicted molar refractivity (Wildman–Crippen MR) is 101 cm³/mol. The fourth-order valence-corrected chi connectivity index (χ4v) is 2.42. The number of amides is 1. The summed E-state index contributed by atoms with van der Waals surface area (Å²) in [7, 11) is 0. The maximum Gasteiger partial charge on any atom is 0.270 e. The number of benzene rings is 1. The van der Waals surface area contributed by atoms with Crippen molar-refractivity contribution < 1.29 is 4.79 Å². The first-order chi connectivity index (χ1) is 12.6. The minimum atomic E-state index is -0.225. The second-order valence-corrected chi connectivity index (χ2v) is 6.06. The molecule has 0 aliphatic heterocycles. The third-order valence-electron chi connectivity index (χ3n) is 3.81. The predicted octanol–water partition coefficient (Wildman–Crippen LogP) is 3.03. The van der Waals surface area contributed by atoms with Crippen LogP contribution in [0.25, 0.3) is 0 Å². The third kappa shape index (κ3) is 4.86. The molecule has 6 heteroatoms. The Bertz CT molecular complexity index is 878. The fourth-order valence-electron chi connectivity index (χ4n) is 2.42. The summed E-state index contributed by atoms with van der Waals surface area (Å²) in [5.74, 6) is 0.188. The van der Waals surface area contributed by atoms with Gasteiger partial charge in [0.25, 0.3) is 5.91 Å². The summed E-state index contributed by atoms with van der Waals surface area (Å²) in [4.78, 5) is 25.3. The van der Waals surface area contributed by atoms with Crippen molar-refractivity contribution in [2.24, 2.45) is 0 Å². The molecular weight excluding hydrogens is 326 g/mol. The molecule has 6 nitrogen and oxygen atoms in total. The number of carbonyl (C=O) groups excluding carboxylic acids is 1. The summed E-state index contributed by atoms with van der Waals surface area (Å²) in [6.07, 6.45) is 1.73. The second-order valence-electron chi connectivity index (χ2n) is 6.06. The van der Waals surface area contributed by atoms with Gasteiger partial charge < -0.3 is 10.6 Å². The lowest BCUT2D eigenvalue weighted by molar-refractivity contribution is 0.0945. The minimum absolute atomic E-state index is 0.225. The SMILES string of the molecule is Cc1ccc(CNC(=O)c2cc(C)nc(NCc3ccccn3)n2)cc1. The van der Waals surface area contributed by atoms with Gasteiger partial charge in [0, 0.05) is 18.4 Å². The molecule has 0 fully saturated rings. The second kappa shape index (κ2) is 8.20. The molecule has 0 unspecified atom stereocenters. The highest BCUT2D eigenvalue weighted by atomic mass is 16.1. The van der Waals surface area contributed by atoms with Gasteiger partial charge in [0.1, 0.15) is 5.69 Å². The lowest BCUT2D eigenvalue weighted by Gasteiger charge is -2.09. The number of anilines is 1. The van der Waals surface area contributed by atoms with Crippen LogP contribution in [0.1, 0.15) is 33.0 Å². The first kappa shape index (κ1) is 17.5. The highest BCUT2D eigenvalue weighted by molar-refractivity contribution is 5.92. The molecule has 3 rings (SSSR count). The van der Waals surface area contributed by atoms with Gasteiger partial charge in [0.15, 0.2) is 0 Å². The number of nitrogens with one attached hydrogen (secondary N) is 2. The van der Waals surface area contributed by atoms with E-state index in [4.69, 9.17) is 0 Å². The van der Waals surface area contributed by atoms with Gasteiger partial charge in [0.05, 0.1) is 12.2 Å². The summed E-state index contributed by atoms with van der Waals surface area (Å²) in [6.45, 7) is 4.82. The van der Waals surface area contributed by atoms with E-state index in [9.17, 15) is 4.79 Å². The van der Waals surface area contributed by atoms with Crippen LogP contribution < -0.4 is 10.6 Å². The monoisotopic (exact) mass is 347 g/mol. The van der Waals surface area contributed by atoms with E-state index < -0.39 is 0 Å². The number of hydrogen-bond acceptors (Lipinski definition) is 5. The van der Waals surface area contributed by atoms with Crippen LogP contribution in [0.5, 0.6) is 0 Å². The Hall–Kier alpha value is -3.28. The molecule has 26 heavy (non-hydrogen) atoms. The zero-order valence-corrected chi connectivity index (χ0v) is 14.9. The van der Waals surface area contributed by atoms with Crippen molar-refractivity contribution in [3.63, 3.8) is 0 Å². The van der Waals surface area contributed by atoms with Crippen LogP contribution in [0.15, 0.2) is 54.7 Å². The van der Waals surface area contributed by atoms with E-state index in [1.165, 1.54) is 5.56 Å². The highest BCUT2D eigenvalue weighted by Crippen LogP contribution is 2.08. The molecule has 2 N–H and O–H groups in total. The molecule has 3 aromatic rings. The van der Waals surface area contributed by atoms with Crippen LogP contribution in [-0.2, 0) is 13.1 Å². The van der Waals surface area contributed by atoms with Crippen molar-refractivity contribution >= 4 is 11.9 Å². The average molecular weight is 347 g/mol. The number of carbonyl (C=O) groups is 1. The first-order valence-electron chi connectivity index (χ1n) is 8.43. The molecule has 0 atom stereocenters. The van der Waals surface area contributed by atoms with E-state index in [-0.39, 0.29) is 5.91 Å².